The largest absolute Gasteiger partial charge is 0.415 e. The van der Waals surface area contributed by atoms with Crippen molar-refractivity contribution in [3.05, 3.63) is 60.1 Å². The van der Waals surface area contributed by atoms with E-state index in [1.807, 2.05) is 48.1 Å². The molecule has 31 heavy (non-hydrogen) atoms. The highest BCUT2D eigenvalue weighted by atomic mass is 19.3. The van der Waals surface area contributed by atoms with Crippen molar-refractivity contribution in [3.8, 4) is 22.7 Å². The Hall–Kier alpha value is -4.15. The predicted molar refractivity (Wildman–Crippen MR) is 108 cm³/mol. The third-order valence-corrected chi connectivity index (χ3v) is 4.92. The SMILES string of the molecule is Cn1c(N)nc2ccc(-c3cn(Cc4ccc(-c5nnc(C(F)F)o5)cc4)nn3)cc21. The maximum atomic E-state index is 12.6. The number of imidazole rings is 1. The van der Waals surface area contributed by atoms with Crippen LogP contribution in [0.3, 0.4) is 0 Å². The van der Waals surface area contributed by atoms with Gasteiger partial charge >= 0.3 is 6.43 Å². The molecule has 0 atom stereocenters. The fourth-order valence-electron chi connectivity index (χ4n) is 3.25. The molecule has 11 heteroatoms. The Morgan fingerprint density at radius 3 is 2.55 bits per heavy atom. The Morgan fingerprint density at radius 1 is 1.03 bits per heavy atom. The third kappa shape index (κ3) is 3.50. The summed E-state index contributed by atoms with van der Waals surface area (Å²) < 4.78 is 33.7. The number of nitrogens with two attached hydrogens (primary N) is 1. The quantitative estimate of drug-likeness (QED) is 0.461. The first-order valence-electron chi connectivity index (χ1n) is 9.31. The average molecular weight is 422 g/mol. The van der Waals surface area contributed by atoms with Crippen molar-refractivity contribution in [2.45, 2.75) is 13.0 Å². The lowest BCUT2D eigenvalue weighted by Gasteiger charge is -2.02. The molecule has 2 aromatic carbocycles. The summed E-state index contributed by atoms with van der Waals surface area (Å²) in [6.07, 6.45) is -0.945. The van der Waals surface area contributed by atoms with Crippen LogP contribution in [-0.4, -0.2) is 34.7 Å². The molecule has 2 N–H and O–H groups in total. The Balaban J connectivity index is 1.34. The van der Waals surface area contributed by atoms with Crippen molar-refractivity contribution in [1.82, 2.24) is 34.7 Å². The molecule has 0 unspecified atom stereocenters. The summed E-state index contributed by atoms with van der Waals surface area (Å²) in [4.78, 5) is 4.29. The van der Waals surface area contributed by atoms with Crippen LogP contribution in [0.5, 0.6) is 0 Å². The molecule has 0 aliphatic rings. The van der Waals surface area contributed by atoms with Crippen LogP contribution in [0.1, 0.15) is 17.9 Å². The molecular formula is C20H16F2N8O. The number of nitrogens with zero attached hydrogens (tertiary/aromatic N) is 7. The van der Waals surface area contributed by atoms with Gasteiger partial charge in [-0.25, -0.2) is 9.67 Å². The maximum absolute atomic E-state index is 12.6. The molecule has 0 aliphatic carbocycles. The van der Waals surface area contributed by atoms with Crippen molar-refractivity contribution < 1.29 is 13.2 Å². The van der Waals surface area contributed by atoms with Gasteiger partial charge in [0.05, 0.1) is 23.8 Å². The molecule has 156 valence electrons. The monoisotopic (exact) mass is 422 g/mol. The van der Waals surface area contributed by atoms with Crippen LogP contribution < -0.4 is 5.73 Å². The lowest BCUT2D eigenvalue weighted by atomic mass is 10.1. The summed E-state index contributed by atoms with van der Waals surface area (Å²) in [5.74, 6) is -0.192. The number of anilines is 1. The number of benzene rings is 2. The van der Waals surface area contributed by atoms with Crippen LogP contribution in [0.15, 0.2) is 53.1 Å². The van der Waals surface area contributed by atoms with E-state index in [0.29, 0.717) is 18.1 Å². The average Bonchev–Trinajstić information content (AvgIpc) is 3.49. The molecule has 9 nitrogen and oxygen atoms in total. The number of halogens is 2. The Bertz CT molecular complexity index is 1370. The van der Waals surface area contributed by atoms with E-state index in [0.717, 1.165) is 27.9 Å². The van der Waals surface area contributed by atoms with Crippen molar-refractivity contribution in [3.63, 3.8) is 0 Å². The van der Waals surface area contributed by atoms with Crippen molar-refractivity contribution in [1.29, 1.82) is 0 Å². The molecule has 0 amide bonds. The summed E-state index contributed by atoms with van der Waals surface area (Å²) in [6.45, 7) is 0.486. The van der Waals surface area contributed by atoms with Gasteiger partial charge in [0.15, 0.2) is 0 Å². The van der Waals surface area contributed by atoms with Crippen LogP contribution in [0.4, 0.5) is 14.7 Å². The molecule has 0 radical (unpaired) electrons. The number of hydrogen-bond acceptors (Lipinski definition) is 7. The Labute approximate surface area is 174 Å². The number of alkyl halides is 2. The molecule has 3 heterocycles. The van der Waals surface area contributed by atoms with Crippen LogP contribution >= 0.6 is 0 Å². The lowest BCUT2D eigenvalue weighted by Crippen LogP contribution is -2.00. The molecule has 0 spiro atoms. The lowest BCUT2D eigenvalue weighted by molar-refractivity contribution is 0.116. The predicted octanol–water partition coefficient (Wildman–Crippen LogP) is 3.45. The molecule has 0 saturated heterocycles. The highest BCUT2D eigenvalue weighted by Gasteiger charge is 2.17. The first kappa shape index (κ1) is 18.9. The van der Waals surface area contributed by atoms with Gasteiger partial charge in [-0.15, -0.1) is 15.3 Å². The normalized spacial score (nSPS) is 11.6. The molecule has 0 saturated carbocycles. The summed E-state index contributed by atoms with van der Waals surface area (Å²) in [5.41, 5.74) is 10.7. The molecule has 0 bridgehead atoms. The molecule has 5 rings (SSSR count). The van der Waals surface area contributed by atoms with E-state index in [1.165, 1.54) is 0 Å². The summed E-state index contributed by atoms with van der Waals surface area (Å²) >= 11 is 0. The van der Waals surface area contributed by atoms with Crippen LogP contribution in [-0.2, 0) is 13.6 Å². The van der Waals surface area contributed by atoms with Gasteiger partial charge in [0.2, 0.25) is 11.8 Å². The van der Waals surface area contributed by atoms with Gasteiger partial charge in [0, 0.05) is 18.2 Å². The number of aromatic nitrogens is 7. The van der Waals surface area contributed by atoms with Crippen LogP contribution in [0.25, 0.3) is 33.7 Å². The van der Waals surface area contributed by atoms with Gasteiger partial charge in [-0.05, 0) is 29.8 Å². The zero-order chi connectivity index (χ0) is 21.5. The number of nitrogen functional groups attached to an aromatic ring is 1. The minimum Gasteiger partial charge on any atom is -0.415 e. The summed E-state index contributed by atoms with van der Waals surface area (Å²) in [6, 6.07) is 12.9. The molecule has 5 aromatic rings. The van der Waals surface area contributed by atoms with E-state index in [-0.39, 0.29) is 5.89 Å². The zero-order valence-corrected chi connectivity index (χ0v) is 16.3. The van der Waals surface area contributed by atoms with Gasteiger partial charge in [-0.1, -0.05) is 23.4 Å². The third-order valence-electron chi connectivity index (χ3n) is 4.92. The van der Waals surface area contributed by atoms with E-state index in [2.05, 4.69) is 25.5 Å². The van der Waals surface area contributed by atoms with E-state index >= 15 is 0 Å². The number of rotatable bonds is 5. The maximum Gasteiger partial charge on any atom is 0.314 e. The Morgan fingerprint density at radius 2 is 1.81 bits per heavy atom. The van der Waals surface area contributed by atoms with Gasteiger partial charge in [0.1, 0.15) is 5.69 Å². The molecular weight excluding hydrogens is 406 g/mol. The summed E-state index contributed by atoms with van der Waals surface area (Å²) in [7, 11) is 1.86. The number of aryl methyl sites for hydroxylation is 1. The van der Waals surface area contributed by atoms with E-state index < -0.39 is 12.3 Å². The second-order valence-electron chi connectivity index (χ2n) is 6.98. The second kappa shape index (κ2) is 7.27. The van der Waals surface area contributed by atoms with Gasteiger partial charge in [0.25, 0.3) is 5.89 Å². The zero-order valence-electron chi connectivity index (χ0n) is 16.3. The van der Waals surface area contributed by atoms with Crippen LogP contribution in [0, 0.1) is 0 Å². The fraction of sp³-hybridized carbons (Fsp3) is 0.150. The smallest absolute Gasteiger partial charge is 0.314 e. The Kier molecular flexibility index (Phi) is 4.42. The van der Waals surface area contributed by atoms with Gasteiger partial charge < -0.3 is 14.7 Å². The highest BCUT2D eigenvalue weighted by Crippen LogP contribution is 2.25. The van der Waals surface area contributed by atoms with E-state index in [9.17, 15) is 8.78 Å². The van der Waals surface area contributed by atoms with Crippen molar-refractivity contribution in [2.75, 3.05) is 5.73 Å². The van der Waals surface area contributed by atoms with Crippen molar-refractivity contribution >= 4 is 17.0 Å². The van der Waals surface area contributed by atoms with Crippen LogP contribution in [0.2, 0.25) is 0 Å². The fourth-order valence-corrected chi connectivity index (χ4v) is 3.25. The number of hydrogen-bond donors (Lipinski definition) is 1. The highest BCUT2D eigenvalue weighted by molar-refractivity contribution is 5.83. The van der Waals surface area contributed by atoms with Gasteiger partial charge in [-0.2, -0.15) is 8.78 Å². The second-order valence-corrected chi connectivity index (χ2v) is 6.98. The van der Waals surface area contributed by atoms with E-state index in [1.54, 1.807) is 16.8 Å². The molecule has 0 aliphatic heterocycles. The minimum absolute atomic E-state index is 0.0519. The minimum atomic E-state index is -2.79. The van der Waals surface area contributed by atoms with Crippen molar-refractivity contribution in [2.24, 2.45) is 7.05 Å². The topological polar surface area (TPSA) is 113 Å². The van der Waals surface area contributed by atoms with Gasteiger partial charge in [-0.3, -0.25) is 0 Å². The number of fused-ring (bicyclic) bond motifs is 1. The standard InChI is InChI=1S/C20H16F2N8O/c1-29-16-8-13(6-7-14(16)24-20(29)23)15-10-30(28-25-15)9-11-2-4-12(5-3-11)18-26-27-19(31-18)17(21)22/h2-8,10,17H,9H2,1H3,(H2,23,24). The molecule has 3 aromatic heterocycles. The molecule has 0 fully saturated rings. The first-order valence-corrected chi connectivity index (χ1v) is 9.31. The van der Waals surface area contributed by atoms with E-state index in [4.69, 9.17) is 10.2 Å². The first-order chi connectivity index (χ1) is 15.0. The summed E-state index contributed by atoms with van der Waals surface area (Å²) in [5, 5.41) is 15.4.